The number of halogens is 1. The third kappa shape index (κ3) is 4.39. The Bertz CT molecular complexity index is 725. The van der Waals surface area contributed by atoms with Gasteiger partial charge in [0, 0.05) is 17.5 Å². The summed E-state index contributed by atoms with van der Waals surface area (Å²) in [4.78, 5) is 12.3. The second-order valence-electron chi connectivity index (χ2n) is 6.83. The minimum absolute atomic E-state index is 0.240. The number of amides is 1. The Morgan fingerprint density at radius 2 is 1.69 bits per heavy atom. The molecule has 138 valence electrons. The molecule has 2 atom stereocenters. The molecular weight excluding hydrogens is 337 g/mol. The van der Waals surface area contributed by atoms with E-state index in [2.05, 4.69) is 5.32 Å². The maximum Gasteiger partial charge on any atom is 0.251 e. The molecule has 0 aromatic heterocycles. The van der Waals surface area contributed by atoms with Gasteiger partial charge >= 0.3 is 0 Å². The normalized spacial score (nSPS) is 25.0. The van der Waals surface area contributed by atoms with E-state index < -0.39 is 23.4 Å². The number of hydrogen-bond donors (Lipinski definition) is 3. The predicted octanol–water partition coefficient (Wildman–Crippen LogP) is 2.14. The highest BCUT2D eigenvalue weighted by molar-refractivity contribution is 5.94. The first-order valence-electron chi connectivity index (χ1n) is 8.55. The summed E-state index contributed by atoms with van der Waals surface area (Å²) in [5, 5.41) is 22.8. The van der Waals surface area contributed by atoms with E-state index in [0.717, 1.165) is 0 Å². The van der Waals surface area contributed by atoms with Gasteiger partial charge in [0.05, 0.1) is 18.8 Å². The molecule has 3 rings (SSSR count). The highest BCUT2D eigenvalue weighted by atomic mass is 19.1. The highest BCUT2D eigenvalue weighted by Crippen LogP contribution is 2.38. The maximum atomic E-state index is 13.0. The van der Waals surface area contributed by atoms with Crippen LogP contribution in [0.4, 0.5) is 4.39 Å². The molecule has 1 fully saturated rings. The first-order chi connectivity index (χ1) is 12.5. The quantitative estimate of drug-likeness (QED) is 0.738. The van der Waals surface area contributed by atoms with Crippen LogP contribution in [0.15, 0.2) is 54.6 Å². The molecule has 26 heavy (non-hydrogen) atoms. The van der Waals surface area contributed by atoms with Crippen LogP contribution in [0.5, 0.6) is 5.75 Å². The van der Waals surface area contributed by atoms with Crippen LogP contribution in [0.1, 0.15) is 23.2 Å². The SMILES string of the molecule is O=C(NCC1(COc2ccccc2)CC(O)C(O)C1)c1ccc(F)cc1. The monoisotopic (exact) mass is 359 g/mol. The van der Waals surface area contributed by atoms with Crippen LogP contribution < -0.4 is 10.1 Å². The van der Waals surface area contributed by atoms with Crippen LogP contribution in [-0.2, 0) is 0 Å². The molecule has 5 nitrogen and oxygen atoms in total. The minimum Gasteiger partial charge on any atom is -0.493 e. The van der Waals surface area contributed by atoms with Crippen LogP contribution in [0.3, 0.4) is 0 Å². The number of benzene rings is 2. The molecule has 2 unspecified atom stereocenters. The molecule has 1 aliphatic rings. The van der Waals surface area contributed by atoms with Gasteiger partial charge in [-0.15, -0.1) is 0 Å². The molecule has 1 amide bonds. The van der Waals surface area contributed by atoms with Crippen molar-refractivity contribution in [2.75, 3.05) is 13.2 Å². The molecule has 1 aliphatic carbocycles. The van der Waals surface area contributed by atoms with E-state index in [1.165, 1.54) is 24.3 Å². The van der Waals surface area contributed by atoms with Crippen molar-refractivity contribution in [2.45, 2.75) is 25.0 Å². The Morgan fingerprint density at radius 3 is 2.31 bits per heavy atom. The van der Waals surface area contributed by atoms with Crippen molar-refractivity contribution in [3.63, 3.8) is 0 Å². The Hall–Kier alpha value is -2.44. The predicted molar refractivity (Wildman–Crippen MR) is 94.4 cm³/mol. The van der Waals surface area contributed by atoms with Crippen LogP contribution in [-0.4, -0.2) is 41.5 Å². The van der Waals surface area contributed by atoms with E-state index in [1.54, 1.807) is 0 Å². The van der Waals surface area contributed by atoms with Gasteiger partial charge in [-0.2, -0.15) is 0 Å². The number of ether oxygens (including phenoxy) is 1. The summed E-state index contributed by atoms with van der Waals surface area (Å²) < 4.78 is 18.8. The molecule has 0 radical (unpaired) electrons. The third-order valence-electron chi connectivity index (χ3n) is 4.75. The number of rotatable bonds is 6. The molecular formula is C20H22FNO4. The van der Waals surface area contributed by atoms with Crippen molar-refractivity contribution in [3.05, 3.63) is 66.0 Å². The average Bonchev–Trinajstić information content (AvgIpc) is 2.94. The lowest BCUT2D eigenvalue weighted by atomic mass is 9.86. The van der Waals surface area contributed by atoms with Gasteiger partial charge in [0.1, 0.15) is 11.6 Å². The summed E-state index contributed by atoms with van der Waals surface area (Å²) in [5.41, 5.74) is -0.228. The summed E-state index contributed by atoms with van der Waals surface area (Å²) >= 11 is 0. The molecule has 0 spiro atoms. The zero-order valence-electron chi connectivity index (χ0n) is 14.3. The van der Waals surface area contributed by atoms with Crippen LogP contribution in [0.2, 0.25) is 0 Å². The van der Waals surface area contributed by atoms with E-state index in [4.69, 9.17) is 4.74 Å². The van der Waals surface area contributed by atoms with Gasteiger partial charge < -0.3 is 20.3 Å². The Kier molecular flexibility index (Phi) is 5.54. The number of carbonyl (C=O) groups excluding carboxylic acids is 1. The summed E-state index contributed by atoms with van der Waals surface area (Å²) in [6, 6.07) is 14.5. The van der Waals surface area contributed by atoms with Gasteiger partial charge in [0.15, 0.2) is 0 Å². The molecule has 3 N–H and O–H groups in total. The van der Waals surface area contributed by atoms with Crippen LogP contribution in [0, 0.1) is 11.2 Å². The smallest absolute Gasteiger partial charge is 0.251 e. The van der Waals surface area contributed by atoms with Crippen molar-refractivity contribution in [3.8, 4) is 5.75 Å². The number of para-hydroxylation sites is 1. The first-order valence-corrected chi connectivity index (χ1v) is 8.55. The Morgan fingerprint density at radius 1 is 1.08 bits per heavy atom. The van der Waals surface area contributed by atoms with E-state index in [1.807, 2.05) is 30.3 Å². The Labute approximate surface area is 151 Å². The molecule has 2 aromatic rings. The molecule has 1 saturated carbocycles. The lowest BCUT2D eigenvalue weighted by molar-refractivity contribution is 0.0438. The molecule has 0 saturated heterocycles. The largest absolute Gasteiger partial charge is 0.493 e. The second-order valence-corrected chi connectivity index (χ2v) is 6.83. The lowest BCUT2D eigenvalue weighted by Gasteiger charge is -2.29. The van der Waals surface area contributed by atoms with E-state index in [9.17, 15) is 19.4 Å². The second kappa shape index (κ2) is 7.85. The third-order valence-corrected chi connectivity index (χ3v) is 4.75. The number of carbonyl (C=O) groups is 1. The number of aliphatic hydroxyl groups excluding tert-OH is 2. The van der Waals surface area contributed by atoms with Crippen molar-refractivity contribution in [1.82, 2.24) is 5.32 Å². The average molecular weight is 359 g/mol. The first kappa shape index (κ1) is 18.4. The molecule has 0 aliphatic heterocycles. The number of aliphatic hydroxyl groups is 2. The maximum absolute atomic E-state index is 13.0. The molecule has 0 bridgehead atoms. The van der Waals surface area contributed by atoms with E-state index in [-0.39, 0.29) is 19.1 Å². The fourth-order valence-corrected chi connectivity index (χ4v) is 3.28. The highest BCUT2D eigenvalue weighted by Gasteiger charge is 2.45. The van der Waals surface area contributed by atoms with Crippen molar-refractivity contribution in [2.24, 2.45) is 5.41 Å². The summed E-state index contributed by atoms with van der Waals surface area (Å²) in [5.74, 6) is -0.0519. The zero-order valence-corrected chi connectivity index (χ0v) is 14.3. The standard InChI is InChI=1S/C20H22FNO4/c21-15-8-6-14(7-9-15)19(25)22-12-20(10-17(23)18(24)11-20)13-26-16-4-2-1-3-5-16/h1-9,17-18,23-24H,10-13H2,(H,22,25). The van der Waals surface area contributed by atoms with Gasteiger partial charge in [-0.05, 0) is 49.2 Å². The van der Waals surface area contributed by atoms with Crippen LogP contribution in [0.25, 0.3) is 0 Å². The fourth-order valence-electron chi connectivity index (χ4n) is 3.28. The summed E-state index contributed by atoms with van der Waals surface area (Å²) in [7, 11) is 0. The van der Waals surface area contributed by atoms with Crippen molar-refractivity contribution < 1.29 is 24.1 Å². The van der Waals surface area contributed by atoms with E-state index in [0.29, 0.717) is 24.2 Å². The van der Waals surface area contributed by atoms with Gasteiger partial charge in [0.2, 0.25) is 0 Å². The Balaban J connectivity index is 1.66. The van der Waals surface area contributed by atoms with Gasteiger partial charge in [-0.1, -0.05) is 18.2 Å². The number of nitrogens with one attached hydrogen (secondary N) is 1. The molecule has 0 heterocycles. The summed E-state index contributed by atoms with van der Waals surface area (Å²) in [6.45, 7) is 0.499. The van der Waals surface area contributed by atoms with E-state index >= 15 is 0 Å². The topological polar surface area (TPSA) is 78.8 Å². The van der Waals surface area contributed by atoms with Crippen molar-refractivity contribution >= 4 is 5.91 Å². The molecule has 2 aromatic carbocycles. The van der Waals surface area contributed by atoms with Crippen LogP contribution >= 0.6 is 0 Å². The number of hydrogen-bond acceptors (Lipinski definition) is 4. The van der Waals surface area contributed by atoms with Crippen molar-refractivity contribution in [1.29, 1.82) is 0 Å². The fraction of sp³-hybridized carbons (Fsp3) is 0.350. The lowest BCUT2D eigenvalue weighted by Crippen LogP contribution is -2.40. The zero-order chi connectivity index (χ0) is 18.6. The summed E-state index contributed by atoms with van der Waals surface area (Å²) in [6.07, 6.45) is -1.05. The van der Waals surface area contributed by atoms with Gasteiger partial charge in [-0.3, -0.25) is 4.79 Å². The van der Waals surface area contributed by atoms with Gasteiger partial charge in [0.25, 0.3) is 5.91 Å². The molecule has 6 heteroatoms. The minimum atomic E-state index is -0.850. The van der Waals surface area contributed by atoms with Gasteiger partial charge in [-0.25, -0.2) is 4.39 Å².